The monoisotopic (exact) mass is 219 g/mol. The second-order valence-electron chi connectivity index (χ2n) is 2.33. The van der Waals surface area contributed by atoms with Gasteiger partial charge in [0.15, 0.2) is 16.1 Å². The third-order valence-corrected chi connectivity index (χ3v) is 1.82. The van der Waals surface area contributed by atoms with E-state index in [1.807, 2.05) is 0 Å². The summed E-state index contributed by atoms with van der Waals surface area (Å²) in [4.78, 5) is 11.3. The summed E-state index contributed by atoms with van der Waals surface area (Å²) < 4.78 is 0. The number of nitrogens with one attached hydrogen (secondary N) is 1. The summed E-state index contributed by atoms with van der Waals surface area (Å²) in [5.74, 6) is -0.163. The molecule has 1 aromatic heterocycles. The van der Waals surface area contributed by atoms with E-state index in [-0.39, 0.29) is 28.2 Å². The van der Waals surface area contributed by atoms with Crippen molar-refractivity contribution in [3.05, 3.63) is 21.9 Å². The number of likely N-dealkylation sites (N-methyl/N-ethyl adjacent to an activating group) is 1. The Balaban J connectivity index is 2.99. The van der Waals surface area contributed by atoms with Crippen LogP contribution in [0.4, 0.5) is 0 Å². The minimum absolute atomic E-state index is 0.0738. The van der Waals surface area contributed by atoms with Crippen LogP contribution in [0.1, 0.15) is 10.4 Å². The lowest BCUT2D eigenvalue weighted by atomic mass is 10.2. The predicted molar refractivity (Wildman–Crippen MR) is 50.3 cm³/mol. The molecule has 70 valence electrons. The quantitative estimate of drug-likeness (QED) is 0.777. The molecule has 0 bridgehead atoms. The van der Waals surface area contributed by atoms with Gasteiger partial charge >= 0.3 is 0 Å². The van der Waals surface area contributed by atoms with Gasteiger partial charge in [0.05, 0.1) is 12.1 Å². The number of rotatable bonds is 3. The van der Waals surface area contributed by atoms with Crippen LogP contribution in [-0.2, 0) is 0 Å². The topological polar surface area (TPSA) is 54.9 Å². The zero-order valence-corrected chi connectivity index (χ0v) is 8.35. The second kappa shape index (κ2) is 4.50. The number of Topliss-reactive ketones (excluding diaryl/α,β-unsaturated/α-hetero) is 1. The summed E-state index contributed by atoms with van der Waals surface area (Å²) in [6.45, 7) is 0.196. The van der Waals surface area contributed by atoms with E-state index in [1.165, 1.54) is 6.07 Å². The molecule has 13 heavy (non-hydrogen) atoms. The van der Waals surface area contributed by atoms with Crippen molar-refractivity contribution in [2.75, 3.05) is 13.6 Å². The summed E-state index contributed by atoms with van der Waals surface area (Å²) in [6.07, 6.45) is 0. The van der Waals surface area contributed by atoms with E-state index in [0.717, 1.165) is 0 Å². The van der Waals surface area contributed by atoms with Gasteiger partial charge in [-0.05, 0) is 13.1 Å². The van der Waals surface area contributed by atoms with E-state index in [2.05, 4.69) is 15.5 Å². The molecule has 0 spiro atoms. The molecule has 0 unspecified atom stereocenters. The molecule has 0 fully saturated rings. The summed E-state index contributed by atoms with van der Waals surface area (Å²) in [7, 11) is 1.67. The Kier molecular flexibility index (Phi) is 3.59. The van der Waals surface area contributed by atoms with Crippen molar-refractivity contribution in [2.45, 2.75) is 0 Å². The van der Waals surface area contributed by atoms with Crippen molar-refractivity contribution in [1.29, 1.82) is 0 Å². The highest BCUT2D eigenvalue weighted by atomic mass is 35.5. The van der Waals surface area contributed by atoms with Crippen LogP contribution in [0.15, 0.2) is 6.07 Å². The smallest absolute Gasteiger partial charge is 0.179 e. The van der Waals surface area contributed by atoms with Gasteiger partial charge in [-0.1, -0.05) is 23.2 Å². The first-order chi connectivity index (χ1) is 6.15. The third-order valence-electron chi connectivity index (χ3n) is 1.36. The molecule has 0 aliphatic rings. The van der Waals surface area contributed by atoms with Crippen molar-refractivity contribution >= 4 is 29.0 Å². The number of nitrogens with zero attached hydrogens (tertiary/aromatic N) is 2. The van der Waals surface area contributed by atoms with Crippen LogP contribution in [0.2, 0.25) is 10.3 Å². The molecule has 1 heterocycles. The number of carbonyl (C=O) groups is 1. The lowest BCUT2D eigenvalue weighted by molar-refractivity contribution is 0.0993. The number of carbonyl (C=O) groups excluding carboxylic acids is 1. The van der Waals surface area contributed by atoms with E-state index in [0.29, 0.717) is 0 Å². The van der Waals surface area contributed by atoms with Crippen molar-refractivity contribution in [2.24, 2.45) is 0 Å². The van der Waals surface area contributed by atoms with Crippen molar-refractivity contribution in [1.82, 2.24) is 15.5 Å². The molecular weight excluding hydrogens is 213 g/mol. The lowest BCUT2D eigenvalue weighted by Crippen LogP contribution is -2.19. The SMILES string of the molecule is CNCC(=O)c1cc(Cl)nnc1Cl. The molecule has 1 N–H and O–H groups in total. The molecule has 0 saturated heterocycles. The van der Waals surface area contributed by atoms with E-state index in [9.17, 15) is 4.79 Å². The van der Waals surface area contributed by atoms with E-state index < -0.39 is 0 Å². The Labute approximate surface area is 85.3 Å². The van der Waals surface area contributed by atoms with Crippen LogP contribution in [0.5, 0.6) is 0 Å². The molecule has 0 aliphatic heterocycles. The van der Waals surface area contributed by atoms with E-state index in [1.54, 1.807) is 7.05 Å². The van der Waals surface area contributed by atoms with Crippen LogP contribution in [0.25, 0.3) is 0 Å². The van der Waals surface area contributed by atoms with Gasteiger partial charge in [-0.25, -0.2) is 0 Å². The van der Waals surface area contributed by atoms with Crippen molar-refractivity contribution in [3.63, 3.8) is 0 Å². The van der Waals surface area contributed by atoms with E-state index in [4.69, 9.17) is 23.2 Å². The highest BCUT2D eigenvalue weighted by Gasteiger charge is 2.11. The standard InChI is InChI=1S/C7H7Cl2N3O/c1-10-3-5(13)4-2-6(8)11-12-7(4)9/h2,10H,3H2,1H3. The maximum Gasteiger partial charge on any atom is 0.179 e. The second-order valence-corrected chi connectivity index (χ2v) is 3.07. The molecule has 0 saturated carbocycles. The first-order valence-electron chi connectivity index (χ1n) is 3.51. The zero-order valence-electron chi connectivity index (χ0n) is 6.84. The Bertz CT molecular complexity index is 330. The molecular formula is C7H7Cl2N3O. The Morgan fingerprint density at radius 1 is 1.54 bits per heavy atom. The van der Waals surface area contributed by atoms with Gasteiger partial charge in [-0.15, -0.1) is 10.2 Å². The fourth-order valence-corrected chi connectivity index (χ4v) is 1.15. The van der Waals surface area contributed by atoms with Gasteiger partial charge in [-0.2, -0.15) is 0 Å². The normalized spacial score (nSPS) is 10.1. The molecule has 4 nitrogen and oxygen atoms in total. The maximum absolute atomic E-state index is 11.3. The highest BCUT2D eigenvalue weighted by Crippen LogP contribution is 2.15. The first kappa shape index (κ1) is 10.4. The van der Waals surface area contributed by atoms with Crippen LogP contribution >= 0.6 is 23.2 Å². The number of hydrogen-bond donors (Lipinski definition) is 1. The third kappa shape index (κ3) is 2.62. The van der Waals surface area contributed by atoms with Crippen LogP contribution in [0.3, 0.4) is 0 Å². The number of hydrogen-bond acceptors (Lipinski definition) is 4. The van der Waals surface area contributed by atoms with Crippen molar-refractivity contribution in [3.8, 4) is 0 Å². The first-order valence-corrected chi connectivity index (χ1v) is 4.27. The number of halogens is 2. The molecule has 0 aromatic carbocycles. The Morgan fingerprint density at radius 2 is 2.23 bits per heavy atom. The van der Waals surface area contributed by atoms with Gasteiger partial charge < -0.3 is 5.32 Å². The molecule has 0 amide bonds. The van der Waals surface area contributed by atoms with Gasteiger partial charge in [0, 0.05) is 0 Å². The van der Waals surface area contributed by atoms with E-state index >= 15 is 0 Å². The molecule has 0 radical (unpaired) electrons. The molecule has 1 rings (SSSR count). The number of aromatic nitrogens is 2. The molecule has 0 aliphatic carbocycles. The van der Waals surface area contributed by atoms with Crippen LogP contribution < -0.4 is 5.32 Å². The summed E-state index contributed by atoms with van der Waals surface area (Å²) in [6, 6.07) is 1.40. The largest absolute Gasteiger partial charge is 0.313 e. The van der Waals surface area contributed by atoms with Gasteiger partial charge in [0.1, 0.15) is 0 Å². The van der Waals surface area contributed by atoms with Crippen LogP contribution in [-0.4, -0.2) is 29.6 Å². The predicted octanol–water partition coefficient (Wildman–Crippen LogP) is 1.19. The summed E-state index contributed by atoms with van der Waals surface area (Å²) in [5, 5.41) is 9.95. The highest BCUT2D eigenvalue weighted by molar-refractivity contribution is 6.34. The maximum atomic E-state index is 11.3. The van der Waals surface area contributed by atoms with Crippen molar-refractivity contribution < 1.29 is 4.79 Å². The Hall–Kier alpha value is -0.710. The average molecular weight is 220 g/mol. The average Bonchev–Trinajstić information content (AvgIpc) is 2.09. The minimum atomic E-state index is -0.163. The fourth-order valence-electron chi connectivity index (χ4n) is 0.804. The molecule has 1 aromatic rings. The molecule has 6 heteroatoms. The fraction of sp³-hybridized carbons (Fsp3) is 0.286. The van der Waals surface area contributed by atoms with Gasteiger partial charge in [0.2, 0.25) is 0 Å². The van der Waals surface area contributed by atoms with Gasteiger partial charge in [-0.3, -0.25) is 4.79 Å². The minimum Gasteiger partial charge on any atom is -0.313 e. The zero-order chi connectivity index (χ0) is 9.84. The number of ketones is 1. The van der Waals surface area contributed by atoms with Gasteiger partial charge in [0.25, 0.3) is 0 Å². The summed E-state index contributed by atoms with van der Waals surface area (Å²) in [5.41, 5.74) is 0.288. The molecule has 0 atom stereocenters. The Morgan fingerprint density at radius 3 is 2.85 bits per heavy atom. The lowest BCUT2D eigenvalue weighted by Gasteiger charge is -2.00. The van der Waals surface area contributed by atoms with Crippen LogP contribution in [0, 0.1) is 0 Å². The summed E-state index contributed by atoms with van der Waals surface area (Å²) >= 11 is 11.2.